The molecule has 0 aromatic heterocycles. The number of nitrogens with one attached hydrogen (secondary N) is 1. The van der Waals surface area contributed by atoms with Crippen LogP contribution in [0.1, 0.15) is 30.5 Å². The number of alkyl halides is 3. The molecule has 0 amide bonds. The van der Waals surface area contributed by atoms with Crippen molar-refractivity contribution in [3.8, 4) is 12.3 Å². The number of hydrogen-bond donors (Lipinski definition) is 1. The summed E-state index contributed by atoms with van der Waals surface area (Å²) >= 11 is 0. The number of rotatable bonds is 4. The normalized spacial score (nSPS) is 13.1. The highest BCUT2D eigenvalue weighted by Gasteiger charge is 2.30. The van der Waals surface area contributed by atoms with E-state index in [1.165, 1.54) is 6.07 Å². The molecule has 0 radical (unpaired) electrons. The second-order valence-electron chi connectivity index (χ2n) is 3.64. The summed E-state index contributed by atoms with van der Waals surface area (Å²) < 4.78 is 37.6. The van der Waals surface area contributed by atoms with Crippen molar-refractivity contribution >= 4 is 0 Å². The summed E-state index contributed by atoms with van der Waals surface area (Å²) in [4.78, 5) is 0. The Morgan fingerprint density at radius 1 is 1.41 bits per heavy atom. The van der Waals surface area contributed by atoms with Crippen LogP contribution in [0.2, 0.25) is 0 Å². The lowest BCUT2D eigenvalue weighted by Gasteiger charge is -2.17. The summed E-state index contributed by atoms with van der Waals surface area (Å²) in [6.45, 7) is 2.54. The van der Waals surface area contributed by atoms with E-state index in [1.54, 1.807) is 6.07 Å². The molecular weight excluding hydrogens is 227 g/mol. The van der Waals surface area contributed by atoms with Crippen LogP contribution in [0.15, 0.2) is 24.3 Å². The number of hydrogen-bond acceptors (Lipinski definition) is 1. The second-order valence-corrected chi connectivity index (χ2v) is 3.64. The molecule has 0 aliphatic heterocycles. The fourth-order valence-corrected chi connectivity index (χ4v) is 1.60. The van der Waals surface area contributed by atoms with Crippen LogP contribution in [0.4, 0.5) is 13.2 Å². The van der Waals surface area contributed by atoms with E-state index in [2.05, 4.69) is 11.2 Å². The fraction of sp³-hybridized carbons (Fsp3) is 0.385. The first-order valence-electron chi connectivity index (χ1n) is 5.33. The molecule has 0 aliphatic carbocycles. The van der Waals surface area contributed by atoms with Crippen LogP contribution >= 0.6 is 0 Å². The van der Waals surface area contributed by atoms with Gasteiger partial charge in [-0.15, -0.1) is 12.3 Å². The molecule has 0 bridgehead atoms. The van der Waals surface area contributed by atoms with Gasteiger partial charge >= 0.3 is 6.18 Å². The molecule has 0 saturated heterocycles. The maximum Gasteiger partial charge on any atom is 0.416 e. The molecule has 1 aromatic rings. The van der Waals surface area contributed by atoms with E-state index >= 15 is 0 Å². The zero-order chi connectivity index (χ0) is 12.9. The van der Waals surface area contributed by atoms with Gasteiger partial charge in [0.15, 0.2) is 0 Å². The van der Waals surface area contributed by atoms with Crippen LogP contribution in [0, 0.1) is 12.3 Å². The SMILES string of the molecule is C#CCC(NCC)c1cccc(C(F)(F)F)c1. The molecule has 1 unspecified atom stereocenters. The lowest BCUT2D eigenvalue weighted by atomic mass is 10.0. The zero-order valence-electron chi connectivity index (χ0n) is 9.51. The van der Waals surface area contributed by atoms with Gasteiger partial charge in [-0.05, 0) is 24.2 Å². The topological polar surface area (TPSA) is 12.0 Å². The van der Waals surface area contributed by atoms with Crippen molar-refractivity contribution in [2.75, 3.05) is 6.54 Å². The van der Waals surface area contributed by atoms with E-state index in [1.807, 2.05) is 6.92 Å². The Kier molecular flexibility index (Phi) is 4.59. The van der Waals surface area contributed by atoms with Crippen molar-refractivity contribution in [1.82, 2.24) is 5.32 Å². The molecule has 0 spiro atoms. The Hall–Kier alpha value is -1.47. The first kappa shape index (κ1) is 13.6. The predicted molar refractivity (Wildman–Crippen MR) is 61.3 cm³/mol. The first-order chi connectivity index (χ1) is 7.99. The fourth-order valence-electron chi connectivity index (χ4n) is 1.60. The number of terminal acetylenes is 1. The summed E-state index contributed by atoms with van der Waals surface area (Å²) in [6, 6.07) is 5.03. The van der Waals surface area contributed by atoms with Gasteiger partial charge in [0, 0.05) is 12.5 Å². The predicted octanol–water partition coefficient (Wildman–Crippen LogP) is 3.38. The third-order valence-corrected chi connectivity index (χ3v) is 2.39. The van der Waals surface area contributed by atoms with Gasteiger partial charge in [0.1, 0.15) is 0 Å². The summed E-state index contributed by atoms with van der Waals surface area (Å²) in [6.07, 6.45) is 1.26. The standard InChI is InChI=1S/C13H14F3N/c1-3-6-12(17-4-2)10-7-5-8-11(9-10)13(14,15)16/h1,5,7-9,12,17H,4,6H2,2H3. The number of halogens is 3. The molecule has 92 valence electrons. The first-order valence-corrected chi connectivity index (χ1v) is 5.33. The van der Waals surface area contributed by atoms with Gasteiger partial charge in [0.2, 0.25) is 0 Å². The maximum atomic E-state index is 12.5. The second kappa shape index (κ2) is 5.74. The minimum Gasteiger partial charge on any atom is -0.309 e. The molecule has 0 fully saturated rings. The van der Waals surface area contributed by atoms with Gasteiger partial charge in [-0.1, -0.05) is 19.1 Å². The summed E-state index contributed by atoms with van der Waals surface area (Å²) in [5, 5.41) is 3.07. The number of benzene rings is 1. The zero-order valence-corrected chi connectivity index (χ0v) is 9.51. The lowest BCUT2D eigenvalue weighted by Crippen LogP contribution is -2.21. The molecule has 17 heavy (non-hydrogen) atoms. The Morgan fingerprint density at radius 3 is 2.65 bits per heavy atom. The van der Waals surface area contributed by atoms with Crippen molar-refractivity contribution in [1.29, 1.82) is 0 Å². The van der Waals surface area contributed by atoms with Gasteiger partial charge in [0.05, 0.1) is 5.56 Å². The monoisotopic (exact) mass is 241 g/mol. The molecule has 4 heteroatoms. The van der Waals surface area contributed by atoms with Crippen LogP contribution in [-0.4, -0.2) is 6.54 Å². The van der Waals surface area contributed by atoms with Crippen LogP contribution in [0.3, 0.4) is 0 Å². The Bertz CT molecular complexity index is 404. The smallest absolute Gasteiger partial charge is 0.309 e. The Balaban J connectivity index is 3.00. The lowest BCUT2D eigenvalue weighted by molar-refractivity contribution is -0.137. The van der Waals surface area contributed by atoms with Crippen molar-refractivity contribution < 1.29 is 13.2 Å². The highest BCUT2D eigenvalue weighted by Crippen LogP contribution is 2.31. The molecule has 1 N–H and O–H groups in total. The van der Waals surface area contributed by atoms with E-state index in [9.17, 15) is 13.2 Å². The molecular formula is C13H14F3N. The van der Waals surface area contributed by atoms with Crippen LogP contribution < -0.4 is 5.32 Å². The highest BCUT2D eigenvalue weighted by atomic mass is 19.4. The summed E-state index contributed by atoms with van der Waals surface area (Å²) in [5.41, 5.74) is -0.0745. The third-order valence-electron chi connectivity index (χ3n) is 2.39. The van der Waals surface area contributed by atoms with Crippen molar-refractivity contribution in [2.45, 2.75) is 25.6 Å². The van der Waals surface area contributed by atoms with Crippen LogP contribution in [0.5, 0.6) is 0 Å². The average Bonchev–Trinajstić information content (AvgIpc) is 2.28. The van der Waals surface area contributed by atoms with Gasteiger partial charge in [-0.3, -0.25) is 0 Å². The molecule has 1 rings (SSSR count). The van der Waals surface area contributed by atoms with Gasteiger partial charge in [-0.25, -0.2) is 0 Å². The minimum atomic E-state index is -4.32. The van der Waals surface area contributed by atoms with E-state index in [-0.39, 0.29) is 6.04 Å². The Labute approximate surface area is 99.0 Å². The summed E-state index contributed by atoms with van der Waals surface area (Å²) in [5.74, 6) is 2.47. The van der Waals surface area contributed by atoms with Gasteiger partial charge in [0.25, 0.3) is 0 Å². The third kappa shape index (κ3) is 3.79. The average molecular weight is 241 g/mol. The van der Waals surface area contributed by atoms with Crippen molar-refractivity contribution in [2.24, 2.45) is 0 Å². The molecule has 0 aliphatic rings. The van der Waals surface area contributed by atoms with E-state index in [0.29, 0.717) is 18.5 Å². The maximum absolute atomic E-state index is 12.5. The highest BCUT2D eigenvalue weighted by molar-refractivity contribution is 5.28. The molecule has 1 aromatic carbocycles. The van der Waals surface area contributed by atoms with E-state index in [0.717, 1.165) is 12.1 Å². The van der Waals surface area contributed by atoms with Gasteiger partial charge < -0.3 is 5.32 Å². The Morgan fingerprint density at radius 2 is 2.12 bits per heavy atom. The molecule has 1 nitrogen and oxygen atoms in total. The summed E-state index contributed by atoms with van der Waals surface area (Å²) in [7, 11) is 0. The minimum absolute atomic E-state index is 0.229. The van der Waals surface area contributed by atoms with Crippen molar-refractivity contribution in [3.05, 3.63) is 35.4 Å². The van der Waals surface area contributed by atoms with E-state index < -0.39 is 11.7 Å². The van der Waals surface area contributed by atoms with Crippen molar-refractivity contribution in [3.63, 3.8) is 0 Å². The van der Waals surface area contributed by atoms with Crippen LogP contribution in [-0.2, 0) is 6.18 Å². The molecule has 0 heterocycles. The van der Waals surface area contributed by atoms with Gasteiger partial charge in [-0.2, -0.15) is 13.2 Å². The largest absolute Gasteiger partial charge is 0.416 e. The quantitative estimate of drug-likeness (QED) is 0.797. The van der Waals surface area contributed by atoms with Crippen LogP contribution in [0.25, 0.3) is 0 Å². The molecule has 1 atom stereocenters. The molecule has 0 saturated carbocycles. The van der Waals surface area contributed by atoms with E-state index in [4.69, 9.17) is 6.42 Å².